The van der Waals surface area contributed by atoms with E-state index in [9.17, 15) is 18.4 Å². The van der Waals surface area contributed by atoms with Gasteiger partial charge in [-0.25, -0.2) is 13.8 Å². The van der Waals surface area contributed by atoms with Crippen LogP contribution in [0.1, 0.15) is 53.8 Å². The lowest BCUT2D eigenvalue weighted by atomic mass is 10.0. The highest BCUT2D eigenvalue weighted by Crippen LogP contribution is 2.43. The molecule has 1 atom stereocenters. The van der Waals surface area contributed by atoms with Crippen molar-refractivity contribution in [2.24, 2.45) is 5.73 Å². The first kappa shape index (κ1) is 24.9. The van der Waals surface area contributed by atoms with Crippen LogP contribution in [0.25, 0.3) is 21.3 Å². The summed E-state index contributed by atoms with van der Waals surface area (Å²) in [6.45, 7) is 6.14. The molecule has 184 valence electrons. The van der Waals surface area contributed by atoms with Crippen LogP contribution in [-0.2, 0) is 11.3 Å². The van der Waals surface area contributed by atoms with E-state index < -0.39 is 30.0 Å². The Balaban J connectivity index is 1.93. The largest absolute Gasteiger partial charge is 0.365 e. The molecule has 0 saturated carbocycles. The summed E-state index contributed by atoms with van der Waals surface area (Å²) in [5.41, 5.74) is 7.04. The topological polar surface area (TPSA) is 121 Å². The molecule has 9 nitrogen and oxygen atoms in total. The van der Waals surface area contributed by atoms with Crippen LogP contribution >= 0.6 is 27.3 Å². The van der Waals surface area contributed by atoms with E-state index in [1.807, 2.05) is 20.8 Å². The summed E-state index contributed by atoms with van der Waals surface area (Å²) in [5, 5.41) is 11.7. The van der Waals surface area contributed by atoms with E-state index >= 15 is 0 Å². The highest BCUT2D eigenvalue weighted by Gasteiger charge is 2.28. The molecule has 4 rings (SSSR count). The first-order valence-corrected chi connectivity index (χ1v) is 12.4. The Labute approximate surface area is 211 Å². The van der Waals surface area contributed by atoms with Crippen molar-refractivity contribution in [3.63, 3.8) is 0 Å². The summed E-state index contributed by atoms with van der Waals surface area (Å²) in [6.07, 6.45) is 2.38. The molecule has 0 bridgehead atoms. The van der Waals surface area contributed by atoms with Gasteiger partial charge in [-0.15, -0.1) is 11.3 Å². The van der Waals surface area contributed by atoms with E-state index in [0.29, 0.717) is 34.0 Å². The smallest absolute Gasteiger partial charge is 0.280 e. The van der Waals surface area contributed by atoms with Gasteiger partial charge in [0.15, 0.2) is 0 Å². The van der Waals surface area contributed by atoms with Gasteiger partial charge in [0.05, 0.1) is 22.6 Å². The number of thiophene rings is 1. The fraction of sp³-hybridized carbons (Fsp3) is 0.318. The number of halogens is 3. The molecule has 0 spiro atoms. The Morgan fingerprint density at radius 3 is 2.51 bits per heavy atom. The van der Waals surface area contributed by atoms with Gasteiger partial charge >= 0.3 is 0 Å². The Hall–Kier alpha value is -3.19. The van der Waals surface area contributed by atoms with Gasteiger partial charge in [-0.2, -0.15) is 10.2 Å². The van der Waals surface area contributed by atoms with Crippen LogP contribution in [0.5, 0.6) is 0 Å². The number of aromatic nitrogens is 5. The maximum absolute atomic E-state index is 13.7. The number of alkyl halides is 2. The van der Waals surface area contributed by atoms with Crippen LogP contribution in [0.3, 0.4) is 0 Å². The van der Waals surface area contributed by atoms with E-state index in [2.05, 4.69) is 36.4 Å². The molecule has 0 saturated heterocycles. The minimum absolute atomic E-state index is 0.0190. The number of carbonyl (C=O) groups is 2. The minimum Gasteiger partial charge on any atom is -0.365 e. The number of pyridine rings is 1. The van der Waals surface area contributed by atoms with Crippen LogP contribution in [0.15, 0.2) is 29.1 Å². The van der Waals surface area contributed by atoms with Crippen molar-refractivity contribution in [3.8, 4) is 11.1 Å². The highest BCUT2D eigenvalue weighted by molar-refractivity contribution is 9.10. The lowest BCUT2D eigenvalue weighted by molar-refractivity contribution is -0.119. The second kappa shape index (κ2) is 9.82. The van der Waals surface area contributed by atoms with Crippen LogP contribution in [-0.4, -0.2) is 36.4 Å². The fourth-order valence-electron chi connectivity index (χ4n) is 3.95. The number of nitrogens with two attached hydrogens (primary N) is 1. The van der Waals surface area contributed by atoms with Crippen LogP contribution < -0.4 is 11.1 Å². The standard InChI is InChI=1S/C22H22BrF2N7O2S/c1-4-15(32-9-11(23)7-27-32)21(34)30-17-16-12(13-8-28-31(5-2)10(13)3)6-14(19(24)25)29-22(16)35-18(17)20(26)33/h6-9,15,19H,4-5H2,1-3H3,(H2,26,33)(H,30,34). The second-order valence-corrected chi connectivity index (χ2v) is 9.67. The van der Waals surface area contributed by atoms with Crippen molar-refractivity contribution in [2.45, 2.75) is 46.2 Å². The third kappa shape index (κ3) is 4.57. The first-order valence-electron chi connectivity index (χ1n) is 10.7. The van der Waals surface area contributed by atoms with Crippen molar-refractivity contribution in [1.82, 2.24) is 24.5 Å². The molecular weight excluding hydrogens is 544 g/mol. The molecule has 0 aromatic carbocycles. The quantitative estimate of drug-likeness (QED) is 0.309. The molecule has 13 heteroatoms. The maximum atomic E-state index is 13.7. The van der Waals surface area contributed by atoms with Gasteiger partial charge in [0, 0.05) is 29.4 Å². The normalized spacial score (nSPS) is 12.4. The van der Waals surface area contributed by atoms with Gasteiger partial charge < -0.3 is 11.1 Å². The fourth-order valence-corrected chi connectivity index (χ4v) is 5.26. The first-order chi connectivity index (χ1) is 16.7. The number of fused-ring (bicyclic) bond motifs is 1. The molecule has 0 radical (unpaired) electrons. The number of anilines is 1. The summed E-state index contributed by atoms with van der Waals surface area (Å²) in [4.78, 5) is 29.9. The lowest BCUT2D eigenvalue weighted by Crippen LogP contribution is -2.27. The predicted molar refractivity (Wildman–Crippen MR) is 133 cm³/mol. The third-order valence-corrected chi connectivity index (χ3v) is 7.16. The molecule has 4 heterocycles. The summed E-state index contributed by atoms with van der Waals surface area (Å²) in [6, 6.07) is 0.588. The average molecular weight is 566 g/mol. The highest BCUT2D eigenvalue weighted by atomic mass is 79.9. The zero-order valence-electron chi connectivity index (χ0n) is 19.1. The van der Waals surface area contributed by atoms with Crippen molar-refractivity contribution in [2.75, 3.05) is 5.32 Å². The molecule has 0 aliphatic rings. The molecule has 35 heavy (non-hydrogen) atoms. The summed E-state index contributed by atoms with van der Waals surface area (Å²) < 4.78 is 31.4. The molecule has 0 aliphatic carbocycles. The molecule has 2 amide bonds. The van der Waals surface area contributed by atoms with E-state index in [0.717, 1.165) is 17.0 Å². The number of primary amides is 1. The summed E-state index contributed by atoms with van der Waals surface area (Å²) >= 11 is 4.18. The Morgan fingerprint density at radius 2 is 1.97 bits per heavy atom. The van der Waals surface area contributed by atoms with E-state index in [-0.39, 0.29) is 15.4 Å². The molecule has 4 aromatic rings. The number of hydrogen-bond acceptors (Lipinski definition) is 6. The number of aryl methyl sites for hydroxylation is 1. The third-order valence-electron chi connectivity index (χ3n) is 5.65. The Kier molecular flexibility index (Phi) is 6.99. The number of hydrogen-bond donors (Lipinski definition) is 2. The summed E-state index contributed by atoms with van der Waals surface area (Å²) in [5.74, 6) is -1.24. The summed E-state index contributed by atoms with van der Waals surface area (Å²) in [7, 11) is 0. The van der Waals surface area contributed by atoms with Gasteiger partial charge in [0.25, 0.3) is 12.3 Å². The molecule has 3 N–H and O–H groups in total. The SMILES string of the molecule is CCC(C(=O)Nc1c(C(N)=O)sc2nc(C(F)F)cc(-c3cnn(CC)c3C)c12)n1cc(Br)cn1. The average Bonchev–Trinajstić information content (AvgIpc) is 3.50. The number of amides is 2. The lowest BCUT2D eigenvalue weighted by Gasteiger charge is -2.16. The van der Waals surface area contributed by atoms with Gasteiger partial charge in [0.2, 0.25) is 5.91 Å². The zero-order chi connectivity index (χ0) is 25.4. The van der Waals surface area contributed by atoms with E-state index in [1.54, 1.807) is 23.3 Å². The number of nitrogens with zero attached hydrogens (tertiary/aromatic N) is 5. The van der Waals surface area contributed by atoms with E-state index in [1.165, 1.54) is 10.7 Å². The van der Waals surface area contributed by atoms with Gasteiger partial charge in [-0.05, 0) is 47.8 Å². The number of carbonyl (C=O) groups excluding carboxylic acids is 2. The van der Waals surface area contributed by atoms with Crippen LogP contribution in [0, 0.1) is 6.92 Å². The molecular formula is C22H22BrF2N7O2S. The predicted octanol–water partition coefficient (Wildman–Crippen LogP) is 5.07. The van der Waals surface area contributed by atoms with Crippen molar-refractivity contribution in [3.05, 3.63) is 45.4 Å². The molecule has 4 aromatic heterocycles. The minimum atomic E-state index is -2.83. The number of rotatable bonds is 8. The van der Waals surface area contributed by atoms with Crippen LogP contribution in [0.4, 0.5) is 14.5 Å². The monoisotopic (exact) mass is 565 g/mol. The van der Waals surface area contributed by atoms with E-state index in [4.69, 9.17) is 5.73 Å². The van der Waals surface area contributed by atoms with Crippen molar-refractivity contribution < 1.29 is 18.4 Å². The van der Waals surface area contributed by atoms with Gasteiger partial charge in [0.1, 0.15) is 21.4 Å². The Morgan fingerprint density at radius 1 is 1.23 bits per heavy atom. The molecule has 0 fully saturated rings. The second-order valence-electron chi connectivity index (χ2n) is 7.76. The van der Waals surface area contributed by atoms with Gasteiger partial charge in [-0.1, -0.05) is 6.92 Å². The maximum Gasteiger partial charge on any atom is 0.280 e. The van der Waals surface area contributed by atoms with Crippen LogP contribution in [0.2, 0.25) is 0 Å². The zero-order valence-corrected chi connectivity index (χ0v) is 21.5. The van der Waals surface area contributed by atoms with Gasteiger partial charge in [-0.3, -0.25) is 19.0 Å². The Bertz CT molecular complexity index is 1430. The van der Waals surface area contributed by atoms with Crippen molar-refractivity contribution >= 4 is 55.0 Å². The number of nitrogens with one attached hydrogen (secondary N) is 1. The van der Waals surface area contributed by atoms with Crippen molar-refractivity contribution in [1.29, 1.82) is 0 Å². The molecule has 1 unspecified atom stereocenters. The molecule has 0 aliphatic heterocycles.